The Morgan fingerprint density at radius 1 is 1.19 bits per heavy atom. The maximum atomic E-state index is 12.8. The Hall–Kier alpha value is -2.37. The third kappa shape index (κ3) is 4.62. The van der Waals surface area contributed by atoms with Crippen LogP contribution in [0.4, 0.5) is 13.2 Å². The van der Waals surface area contributed by atoms with Crippen molar-refractivity contribution in [3.63, 3.8) is 0 Å². The van der Waals surface area contributed by atoms with Crippen LogP contribution in [-0.4, -0.2) is 28.9 Å². The number of hydrogen-bond acceptors (Lipinski definition) is 2. The fraction of sp³-hybridized carbons (Fsp3) is 0.400. The molecular weight excluding hydrogens is 341 g/mol. The van der Waals surface area contributed by atoms with Crippen LogP contribution in [-0.2, 0) is 12.6 Å². The number of pyridine rings is 1. The lowest BCUT2D eigenvalue weighted by Gasteiger charge is -2.32. The number of rotatable bonds is 4. The van der Waals surface area contributed by atoms with E-state index in [1.54, 1.807) is 30.5 Å². The molecule has 1 saturated heterocycles. The van der Waals surface area contributed by atoms with Crippen LogP contribution in [0.3, 0.4) is 0 Å². The lowest BCUT2D eigenvalue weighted by molar-refractivity contribution is -0.137. The van der Waals surface area contributed by atoms with Crippen LogP contribution in [0, 0.1) is 5.92 Å². The minimum atomic E-state index is -4.31. The van der Waals surface area contributed by atoms with Crippen LogP contribution in [0.1, 0.15) is 40.9 Å². The number of piperidine rings is 1. The van der Waals surface area contributed by atoms with Gasteiger partial charge in [0.15, 0.2) is 0 Å². The summed E-state index contributed by atoms with van der Waals surface area (Å²) in [6, 6.07) is 10.8. The summed E-state index contributed by atoms with van der Waals surface area (Å²) in [5.41, 5.74) is 0.518. The van der Waals surface area contributed by atoms with Gasteiger partial charge in [-0.2, -0.15) is 13.2 Å². The van der Waals surface area contributed by atoms with E-state index in [9.17, 15) is 18.0 Å². The van der Waals surface area contributed by atoms with E-state index in [2.05, 4.69) is 4.98 Å². The molecule has 1 aliphatic heterocycles. The molecule has 3 nitrogen and oxygen atoms in total. The molecule has 1 amide bonds. The van der Waals surface area contributed by atoms with E-state index in [0.717, 1.165) is 25.3 Å². The van der Waals surface area contributed by atoms with Crippen LogP contribution in [0.25, 0.3) is 0 Å². The lowest BCUT2D eigenvalue weighted by Crippen LogP contribution is -2.40. The van der Waals surface area contributed by atoms with Gasteiger partial charge in [0.1, 0.15) is 5.69 Å². The van der Waals surface area contributed by atoms with Gasteiger partial charge in [0, 0.05) is 19.3 Å². The number of amides is 1. The molecule has 0 spiro atoms. The van der Waals surface area contributed by atoms with Crippen molar-refractivity contribution in [2.75, 3.05) is 13.1 Å². The Kier molecular flexibility index (Phi) is 5.59. The predicted octanol–water partition coefficient (Wildman–Crippen LogP) is 4.59. The van der Waals surface area contributed by atoms with Gasteiger partial charge in [-0.3, -0.25) is 9.78 Å². The van der Waals surface area contributed by atoms with Gasteiger partial charge < -0.3 is 4.90 Å². The number of halogens is 3. The smallest absolute Gasteiger partial charge is 0.337 e. The van der Waals surface area contributed by atoms with E-state index in [0.29, 0.717) is 36.7 Å². The number of nitrogens with zero attached hydrogens (tertiary/aromatic N) is 2. The molecule has 6 heteroatoms. The number of carbonyl (C=O) groups is 1. The molecule has 3 rings (SSSR count). The molecule has 0 bridgehead atoms. The maximum Gasteiger partial charge on any atom is 0.416 e. The largest absolute Gasteiger partial charge is 0.416 e. The minimum Gasteiger partial charge on any atom is -0.337 e. The number of aryl methyl sites for hydroxylation is 1. The molecule has 2 heterocycles. The highest BCUT2D eigenvalue weighted by atomic mass is 19.4. The molecule has 1 aliphatic rings. The van der Waals surface area contributed by atoms with Gasteiger partial charge in [-0.1, -0.05) is 24.3 Å². The molecule has 1 atom stereocenters. The number of likely N-dealkylation sites (tertiary alicyclic amines) is 1. The fourth-order valence-corrected chi connectivity index (χ4v) is 3.41. The molecule has 0 aliphatic carbocycles. The minimum absolute atomic E-state index is 0.0747. The first-order valence-corrected chi connectivity index (χ1v) is 8.80. The molecule has 0 unspecified atom stereocenters. The molecule has 1 aromatic carbocycles. The van der Waals surface area contributed by atoms with Crippen LogP contribution in [0.2, 0.25) is 0 Å². The van der Waals surface area contributed by atoms with Crippen molar-refractivity contribution >= 4 is 5.91 Å². The SMILES string of the molecule is O=C(c1ccccn1)N1CCC[C@@H](CCc2cccc(C(F)(F)F)c2)C1. The predicted molar refractivity (Wildman–Crippen MR) is 92.6 cm³/mol. The van der Waals surface area contributed by atoms with Gasteiger partial charge in [0.05, 0.1) is 5.56 Å². The standard InChI is InChI=1S/C20H21F3N2O/c21-20(22,23)17-7-3-5-15(13-17)9-10-16-6-4-12-25(14-16)19(26)18-8-1-2-11-24-18/h1-3,5,7-8,11,13,16H,4,6,9-10,12,14H2/t16-/m0/s1. The Balaban J connectivity index is 1.58. The second-order valence-electron chi connectivity index (χ2n) is 6.71. The van der Waals surface area contributed by atoms with Crippen molar-refractivity contribution in [1.29, 1.82) is 0 Å². The average molecular weight is 362 g/mol. The van der Waals surface area contributed by atoms with Crippen molar-refractivity contribution in [2.24, 2.45) is 5.92 Å². The summed E-state index contributed by atoms with van der Waals surface area (Å²) in [5, 5.41) is 0. The van der Waals surface area contributed by atoms with E-state index in [1.807, 2.05) is 4.90 Å². The quantitative estimate of drug-likeness (QED) is 0.797. The lowest BCUT2D eigenvalue weighted by atomic mass is 9.91. The number of alkyl halides is 3. The zero-order valence-corrected chi connectivity index (χ0v) is 14.4. The van der Waals surface area contributed by atoms with Crippen LogP contribution >= 0.6 is 0 Å². The van der Waals surface area contributed by atoms with Gasteiger partial charge in [-0.05, 0) is 55.4 Å². The van der Waals surface area contributed by atoms with Crippen molar-refractivity contribution in [3.05, 3.63) is 65.5 Å². The number of benzene rings is 1. The van der Waals surface area contributed by atoms with E-state index >= 15 is 0 Å². The van der Waals surface area contributed by atoms with E-state index in [4.69, 9.17) is 0 Å². The summed E-state index contributed by atoms with van der Waals surface area (Å²) < 4.78 is 38.4. The summed E-state index contributed by atoms with van der Waals surface area (Å²) in [6.07, 6.45) is 0.541. The number of hydrogen-bond donors (Lipinski definition) is 0. The molecule has 1 aromatic heterocycles. The van der Waals surface area contributed by atoms with Crippen molar-refractivity contribution in [1.82, 2.24) is 9.88 Å². The highest BCUT2D eigenvalue weighted by molar-refractivity contribution is 5.92. The van der Waals surface area contributed by atoms with Crippen molar-refractivity contribution in [2.45, 2.75) is 31.9 Å². The summed E-state index contributed by atoms with van der Waals surface area (Å²) in [4.78, 5) is 18.4. The van der Waals surface area contributed by atoms with Crippen molar-refractivity contribution in [3.8, 4) is 0 Å². The van der Waals surface area contributed by atoms with Gasteiger partial charge in [-0.15, -0.1) is 0 Å². The van der Waals surface area contributed by atoms with Gasteiger partial charge in [0.25, 0.3) is 5.91 Å². The molecule has 0 N–H and O–H groups in total. The maximum absolute atomic E-state index is 12.8. The first-order valence-electron chi connectivity index (χ1n) is 8.80. The second kappa shape index (κ2) is 7.89. The Morgan fingerprint density at radius 3 is 2.77 bits per heavy atom. The summed E-state index contributed by atoms with van der Waals surface area (Å²) >= 11 is 0. The molecule has 0 saturated carbocycles. The highest BCUT2D eigenvalue weighted by Crippen LogP contribution is 2.30. The molecule has 0 radical (unpaired) electrons. The zero-order chi connectivity index (χ0) is 18.6. The van der Waals surface area contributed by atoms with Gasteiger partial charge in [0.2, 0.25) is 0 Å². The molecule has 138 valence electrons. The number of aromatic nitrogens is 1. The summed E-state index contributed by atoms with van der Waals surface area (Å²) in [7, 11) is 0. The first-order chi connectivity index (χ1) is 12.4. The molecule has 1 fully saturated rings. The summed E-state index contributed by atoms with van der Waals surface area (Å²) in [5.74, 6) is 0.223. The number of carbonyl (C=O) groups excluding carboxylic acids is 1. The van der Waals surface area contributed by atoms with E-state index < -0.39 is 11.7 Å². The van der Waals surface area contributed by atoms with Gasteiger partial charge >= 0.3 is 6.18 Å². The molecule has 2 aromatic rings. The highest BCUT2D eigenvalue weighted by Gasteiger charge is 2.30. The van der Waals surface area contributed by atoms with Gasteiger partial charge in [-0.25, -0.2) is 0 Å². The normalized spacial score (nSPS) is 18.0. The average Bonchev–Trinajstić information content (AvgIpc) is 2.66. The third-order valence-corrected chi connectivity index (χ3v) is 4.79. The zero-order valence-electron chi connectivity index (χ0n) is 14.4. The Bertz CT molecular complexity index is 746. The first kappa shape index (κ1) is 18.4. The molecule has 26 heavy (non-hydrogen) atoms. The monoisotopic (exact) mass is 362 g/mol. The second-order valence-corrected chi connectivity index (χ2v) is 6.71. The van der Waals surface area contributed by atoms with Crippen LogP contribution < -0.4 is 0 Å². The van der Waals surface area contributed by atoms with E-state index in [1.165, 1.54) is 12.1 Å². The Morgan fingerprint density at radius 2 is 2.04 bits per heavy atom. The molecular formula is C20H21F3N2O. The summed E-state index contributed by atoms with van der Waals surface area (Å²) in [6.45, 7) is 1.34. The van der Waals surface area contributed by atoms with Crippen molar-refractivity contribution < 1.29 is 18.0 Å². The van der Waals surface area contributed by atoms with E-state index in [-0.39, 0.29) is 5.91 Å². The van der Waals surface area contributed by atoms with Crippen LogP contribution in [0.5, 0.6) is 0 Å². The Labute approximate surface area is 150 Å². The van der Waals surface area contributed by atoms with Crippen LogP contribution in [0.15, 0.2) is 48.7 Å². The topological polar surface area (TPSA) is 33.2 Å². The fourth-order valence-electron chi connectivity index (χ4n) is 3.41. The third-order valence-electron chi connectivity index (χ3n) is 4.79.